The monoisotopic (exact) mass is 378 g/mol. The van der Waals surface area contributed by atoms with Gasteiger partial charge in [-0.15, -0.1) is 0 Å². The number of para-hydroxylation sites is 1. The molecule has 8 heteroatoms. The van der Waals surface area contributed by atoms with Gasteiger partial charge in [0.1, 0.15) is 10.6 Å². The van der Waals surface area contributed by atoms with Gasteiger partial charge in [-0.25, -0.2) is 13.1 Å². The van der Waals surface area contributed by atoms with E-state index in [0.29, 0.717) is 0 Å². The average Bonchev–Trinajstić information content (AvgIpc) is 3.10. The highest BCUT2D eigenvalue weighted by Gasteiger charge is 2.27. The maximum atomic E-state index is 12.6. The molecule has 0 aliphatic carbocycles. The minimum atomic E-state index is -3.60. The largest absolute Gasteiger partial charge is 0.496 e. The molecule has 0 radical (unpaired) electrons. The standard InChI is InChI=1S/C18H26N4O3S/c1-21-14-15(12-19-21)26(23,24)20-13-17(22-10-6-3-7-11-22)16-8-4-5-9-18(16)25-2/h4-5,8-9,12,14,17,20H,3,6-7,10-11,13H2,1-2H3/t17-/m0/s1. The van der Waals surface area contributed by atoms with Crippen molar-refractivity contribution < 1.29 is 13.2 Å². The SMILES string of the molecule is COc1ccccc1[C@H](CNS(=O)(=O)c1cnn(C)c1)N1CCCCC1. The van der Waals surface area contributed by atoms with Crippen LogP contribution >= 0.6 is 0 Å². The average molecular weight is 378 g/mol. The van der Waals surface area contributed by atoms with Crippen molar-refractivity contribution in [2.45, 2.75) is 30.2 Å². The van der Waals surface area contributed by atoms with Gasteiger partial charge in [-0.1, -0.05) is 24.6 Å². The van der Waals surface area contributed by atoms with E-state index in [-0.39, 0.29) is 17.5 Å². The second kappa shape index (κ2) is 8.20. The summed E-state index contributed by atoms with van der Waals surface area (Å²) in [6.45, 7) is 2.20. The third-order valence-corrected chi connectivity index (χ3v) is 6.17. The van der Waals surface area contributed by atoms with Crippen LogP contribution in [-0.2, 0) is 17.1 Å². The van der Waals surface area contributed by atoms with Gasteiger partial charge in [0.25, 0.3) is 0 Å². The summed E-state index contributed by atoms with van der Waals surface area (Å²) in [6.07, 6.45) is 6.33. The number of methoxy groups -OCH3 is 1. The fourth-order valence-corrected chi connectivity index (χ4v) is 4.44. The molecule has 2 heterocycles. The Morgan fingerprint density at radius 1 is 1.23 bits per heavy atom. The second-order valence-electron chi connectivity index (χ2n) is 6.56. The first-order chi connectivity index (χ1) is 12.5. The van der Waals surface area contributed by atoms with Crippen molar-refractivity contribution in [3.63, 3.8) is 0 Å². The predicted molar refractivity (Wildman–Crippen MR) is 99.6 cm³/mol. The summed E-state index contributed by atoms with van der Waals surface area (Å²) in [5.41, 5.74) is 1.01. The Hall–Kier alpha value is -1.90. The van der Waals surface area contributed by atoms with Gasteiger partial charge in [0, 0.05) is 25.4 Å². The molecule has 26 heavy (non-hydrogen) atoms. The number of benzene rings is 1. The van der Waals surface area contributed by atoms with E-state index in [9.17, 15) is 8.42 Å². The van der Waals surface area contributed by atoms with Gasteiger partial charge in [0.15, 0.2) is 0 Å². The number of aryl methyl sites for hydroxylation is 1. The molecular formula is C18H26N4O3S. The number of rotatable bonds is 7. The lowest BCUT2D eigenvalue weighted by molar-refractivity contribution is 0.162. The summed E-state index contributed by atoms with van der Waals surface area (Å²) < 4.78 is 35.0. The molecule has 0 bridgehead atoms. The Morgan fingerprint density at radius 3 is 2.62 bits per heavy atom. The molecule has 1 atom stereocenters. The predicted octanol–water partition coefficient (Wildman–Crippen LogP) is 1.93. The topological polar surface area (TPSA) is 76.5 Å². The number of aromatic nitrogens is 2. The number of ether oxygens (including phenoxy) is 1. The van der Waals surface area contributed by atoms with Crippen LogP contribution in [-0.4, -0.2) is 49.8 Å². The number of hydrogen-bond acceptors (Lipinski definition) is 5. The van der Waals surface area contributed by atoms with Gasteiger partial charge in [-0.3, -0.25) is 9.58 Å². The zero-order valence-electron chi connectivity index (χ0n) is 15.3. The van der Waals surface area contributed by atoms with Gasteiger partial charge < -0.3 is 4.74 Å². The van der Waals surface area contributed by atoms with Gasteiger partial charge in [0.05, 0.1) is 19.3 Å². The first-order valence-corrected chi connectivity index (χ1v) is 10.3. The summed E-state index contributed by atoms with van der Waals surface area (Å²) in [5, 5.41) is 3.95. The summed E-state index contributed by atoms with van der Waals surface area (Å²) in [4.78, 5) is 2.52. The highest BCUT2D eigenvalue weighted by molar-refractivity contribution is 7.89. The molecular weight excluding hydrogens is 352 g/mol. The lowest BCUT2D eigenvalue weighted by Crippen LogP contribution is -2.40. The molecule has 3 rings (SSSR count). The van der Waals surface area contributed by atoms with Crippen molar-refractivity contribution in [1.29, 1.82) is 0 Å². The van der Waals surface area contributed by atoms with Crippen molar-refractivity contribution in [2.24, 2.45) is 7.05 Å². The van der Waals surface area contributed by atoms with Crippen LogP contribution in [0.3, 0.4) is 0 Å². The van der Waals surface area contributed by atoms with Gasteiger partial charge in [-0.05, 0) is 32.0 Å². The Balaban J connectivity index is 1.84. The summed E-state index contributed by atoms with van der Waals surface area (Å²) in [6, 6.07) is 7.75. The molecule has 7 nitrogen and oxygen atoms in total. The molecule has 1 aromatic carbocycles. The van der Waals surface area contributed by atoms with Gasteiger partial charge in [0.2, 0.25) is 10.0 Å². The molecule has 0 unspecified atom stereocenters. The smallest absolute Gasteiger partial charge is 0.243 e. The Kier molecular flexibility index (Phi) is 5.95. The number of nitrogens with one attached hydrogen (secondary N) is 1. The normalized spacial score (nSPS) is 17.2. The zero-order chi connectivity index (χ0) is 18.6. The summed E-state index contributed by atoms with van der Waals surface area (Å²) in [5.74, 6) is 0.781. The highest BCUT2D eigenvalue weighted by Crippen LogP contribution is 2.31. The maximum Gasteiger partial charge on any atom is 0.243 e. The first-order valence-electron chi connectivity index (χ1n) is 8.86. The van der Waals surface area contributed by atoms with Gasteiger partial charge in [-0.2, -0.15) is 5.10 Å². The first kappa shape index (κ1) is 18.9. The Morgan fingerprint density at radius 2 is 1.96 bits per heavy atom. The zero-order valence-corrected chi connectivity index (χ0v) is 16.1. The van der Waals surface area contributed by atoms with E-state index >= 15 is 0 Å². The summed E-state index contributed by atoms with van der Waals surface area (Å²) in [7, 11) is -0.258. The molecule has 1 N–H and O–H groups in total. The highest BCUT2D eigenvalue weighted by atomic mass is 32.2. The number of nitrogens with zero attached hydrogens (tertiary/aromatic N) is 3. The van der Waals surface area contributed by atoms with Crippen LogP contribution in [0.25, 0.3) is 0 Å². The van der Waals surface area contributed by atoms with E-state index in [1.165, 1.54) is 23.5 Å². The molecule has 0 saturated carbocycles. The molecule has 0 spiro atoms. The van der Waals surface area contributed by atoms with E-state index in [0.717, 1.165) is 37.2 Å². The maximum absolute atomic E-state index is 12.6. The minimum absolute atomic E-state index is 0.0714. The fourth-order valence-electron chi connectivity index (χ4n) is 3.42. The van der Waals surface area contributed by atoms with Crippen molar-refractivity contribution in [1.82, 2.24) is 19.4 Å². The third-order valence-electron chi connectivity index (χ3n) is 4.79. The van der Waals surface area contributed by atoms with E-state index in [4.69, 9.17) is 4.74 Å². The van der Waals surface area contributed by atoms with E-state index in [1.54, 1.807) is 14.2 Å². The number of likely N-dealkylation sites (tertiary alicyclic amines) is 1. The molecule has 2 aromatic rings. The van der Waals surface area contributed by atoms with Crippen LogP contribution in [0, 0.1) is 0 Å². The van der Waals surface area contributed by atoms with Crippen molar-refractivity contribution in [3.05, 3.63) is 42.2 Å². The van der Waals surface area contributed by atoms with Crippen LogP contribution in [0.2, 0.25) is 0 Å². The van der Waals surface area contributed by atoms with E-state index in [2.05, 4.69) is 14.7 Å². The van der Waals surface area contributed by atoms with Crippen molar-refractivity contribution in [3.8, 4) is 5.75 Å². The molecule has 1 aliphatic heterocycles. The van der Waals surface area contributed by atoms with Crippen molar-refractivity contribution in [2.75, 3.05) is 26.7 Å². The fraction of sp³-hybridized carbons (Fsp3) is 0.500. The van der Waals surface area contributed by atoms with Crippen LogP contribution in [0.5, 0.6) is 5.75 Å². The number of piperidine rings is 1. The number of hydrogen-bond donors (Lipinski definition) is 1. The molecule has 1 aliphatic rings. The van der Waals surface area contributed by atoms with Crippen molar-refractivity contribution >= 4 is 10.0 Å². The van der Waals surface area contributed by atoms with Crippen LogP contribution in [0.15, 0.2) is 41.6 Å². The van der Waals surface area contributed by atoms with Crippen LogP contribution in [0.4, 0.5) is 0 Å². The summed E-state index contributed by atoms with van der Waals surface area (Å²) >= 11 is 0. The van der Waals surface area contributed by atoms with Crippen LogP contribution in [0.1, 0.15) is 30.9 Å². The molecule has 0 amide bonds. The quantitative estimate of drug-likeness (QED) is 0.797. The lowest BCUT2D eigenvalue weighted by atomic mass is 10.0. The number of sulfonamides is 1. The minimum Gasteiger partial charge on any atom is -0.496 e. The lowest BCUT2D eigenvalue weighted by Gasteiger charge is -2.35. The molecule has 1 fully saturated rings. The molecule has 1 aromatic heterocycles. The van der Waals surface area contributed by atoms with E-state index < -0.39 is 10.0 Å². The third kappa shape index (κ3) is 4.25. The molecule has 1 saturated heterocycles. The second-order valence-corrected chi connectivity index (χ2v) is 8.32. The Bertz CT molecular complexity index is 828. The van der Waals surface area contributed by atoms with Crippen LogP contribution < -0.4 is 9.46 Å². The van der Waals surface area contributed by atoms with Gasteiger partial charge >= 0.3 is 0 Å². The molecule has 142 valence electrons. The van der Waals surface area contributed by atoms with E-state index in [1.807, 2.05) is 24.3 Å². The Labute approximate surface area is 155 Å².